The highest BCUT2D eigenvalue weighted by Gasteiger charge is 2.17. The minimum atomic E-state index is -1.32. The largest absolute Gasteiger partial charge is 0.508 e. The first kappa shape index (κ1) is 24.7. The fourth-order valence-corrected chi connectivity index (χ4v) is 3.79. The topological polar surface area (TPSA) is 120 Å². The van der Waals surface area contributed by atoms with Gasteiger partial charge in [-0.1, -0.05) is 60.2 Å². The van der Waals surface area contributed by atoms with Crippen LogP contribution in [0.25, 0.3) is 23.1 Å². The maximum atomic E-state index is 12.8. The lowest BCUT2D eigenvalue weighted by molar-refractivity contribution is -0.132. The number of aliphatic hydroxyl groups excluding tert-OH is 1. The van der Waals surface area contributed by atoms with E-state index in [1.54, 1.807) is 36.4 Å². The Morgan fingerprint density at radius 2 is 1.78 bits per heavy atom. The Morgan fingerprint density at radius 1 is 0.972 bits per heavy atom. The summed E-state index contributed by atoms with van der Waals surface area (Å²) < 4.78 is 0. The van der Waals surface area contributed by atoms with Crippen molar-refractivity contribution in [3.8, 4) is 5.75 Å². The standard InChI is InChI=1S/C28H21ClN2O5/c29-23-15-20(26(33)11-8-17-4-3-6-21(32)13-17)9-10-22(23)27(34)31-25(28(35)36)14-18-12-19-5-1-2-7-24(19)30-16-18/h1-16,26,32-33H,(H,31,34)(H,35,36)/b11-8+,25-14-. The van der Waals surface area contributed by atoms with E-state index >= 15 is 0 Å². The van der Waals surface area contributed by atoms with E-state index in [0.29, 0.717) is 16.7 Å². The number of aromatic hydroxyl groups is 1. The minimum Gasteiger partial charge on any atom is -0.508 e. The Balaban J connectivity index is 1.51. The molecule has 0 radical (unpaired) electrons. The van der Waals surface area contributed by atoms with Gasteiger partial charge in [-0.05, 0) is 59.2 Å². The van der Waals surface area contributed by atoms with Crippen LogP contribution in [0.1, 0.15) is 33.2 Å². The second kappa shape index (κ2) is 10.9. The van der Waals surface area contributed by atoms with Gasteiger partial charge in [-0.3, -0.25) is 9.78 Å². The lowest BCUT2D eigenvalue weighted by Crippen LogP contribution is -2.27. The van der Waals surface area contributed by atoms with Crippen molar-refractivity contribution in [3.05, 3.63) is 118 Å². The highest BCUT2D eigenvalue weighted by atomic mass is 35.5. The average molecular weight is 501 g/mol. The van der Waals surface area contributed by atoms with Crippen LogP contribution in [0.5, 0.6) is 5.75 Å². The highest BCUT2D eigenvalue weighted by molar-refractivity contribution is 6.34. The molecule has 1 heterocycles. The molecule has 0 spiro atoms. The molecule has 1 amide bonds. The molecular weight excluding hydrogens is 480 g/mol. The Bertz CT molecular complexity index is 1510. The molecule has 0 aliphatic rings. The van der Waals surface area contributed by atoms with Crippen molar-refractivity contribution in [2.75, 3.05) is 0 Å². The molecule has 1 atom stereocenters. The van der Waals surface area contributed by atoms with Gasteiger partial charge in [-0.25, -0.2) is 4.79 Å². The number of phenols is 1. The van der Waals surface area contributed by atoms with E-state index < -0.39 is 18.0 Å². The zero-order valence-corrected chi connectivity index (χ0v) is 19.6. The number of aliphatic hydroxyl groups is 1. The molecule has 7 nitrogen and oxygen atoms in total. The number of benzene rings is 3. The van der Waals surface area contributed by atoms with Gasteiger partial charge in [-0.15, -0.1) is 0 Å². The van der Waals surface area contributed by atoms with Crippen molar-refractivity contribution in [1.82, 2.24) is 10.3 Å². The number of nitrogens with one attached hydrogen (secondary N) is 1. The summed E-state index contributed by atoms with van der Waals surface area (Å²) in [7, 11) is 0. The average Bonchev–Trinajstić information content (AvgIpc) is 2.86. The molecule has 0 aliphatic heterocycles. The van der Waals surface area contributed by atoms with Crippen LogP contribution in [0.4, 0.5) is 0 Å². The predicted molar refractivity (Wildman–Crippen MR) is 138 cm³/mol. The number of carbonyl (C=O) groups excluding carboxylic acids is 1. The van der Waals surface area contributed by atoms with E-state index in [2.05, 4.69) is 10.3 Å². The van der Waals surface area contributed by atoms with Gasteiger partial charge in [0.1, 0.15) is 11.4 Å². The fraction of sp³-hybridized carbons (Fsp3) is 0.0357. The van der Waals surface area contributed by atoms with Gasteiger partial charge in [0.05, 0.1) is 22.2 Å². The Labute approximate surface area is 211 Å². The smallest absolute Gasteiger partial charge is 0.352 e. The van der Waals surface area contributed by atoms with Crippen LogP contribution >= 0.6 is 11.6 Å². The number of fused-ring (bicyclic) bond motifs is 1. The molecule has 4 aromatic rings. The summed E-state index contributed by atoms with van der Waals surface area (Å²) in [6.07, 6.45) is 4.98. The number of rotatable bonds is 7. The van der Waals surface area contributed by atoms with Gasteiger partial charge in [0.25, 0.3) is 5.91 Å². The molecule has 1 unspecified atom stereocenters. The molecule has 0 saturated heterocycles. The van der Waals surface area contributed by atoms with Crippen molar-refractivity contribution in [1.29, 1.82) is 0 Å². The number of pyridine rings is 1. The third kappa shape index (κ3) is 5.96. The normalized spacial score (nSPS) is 12.6. The van der Waals surface area contributed by atoms with Gasteiger partial charge < -0.3 is 20.6 Å². The van der Waals surface area contributed by atoms with E-state index in [4.69, 9.17) is 11.6 Å². The van der Waals surface area contributed by atoms with E-state index in [0.717, 1.165) is 10.9 Å². The molecule has 4 rings (SSSR count). The number of nitrogens with zero attached hydrogens (tertiary/aromatic N) is 1. The van der Waals surface area contributed by atoms with Gasteiger partial charge >= 0.3 is 5.97 Å². The number of phenolic OH excluding ortho intramolecular Hbond substituents is 1. The molecule has 0 bridgehead atoms. The number of carbonyl (C=O) groups is 2. The monoisotopic (exact) mass is 500 g/mol. The molecule has 1 aromatic heterocycles. The summed E-state index contributed by atoms with van der Waals surface area (Å²) in [5, 5.41) is 32.9. The first-order chi connectivity index (χ1) is 17.3. The number of carboxylic acids is 1. The van der Waals surface area contributed by atoms with Gasteiger partial charge in [0, 0.05) is 11.6 Å². The van der Waals surface area contributed by atoms with Crippen LogP contribution in [-0.4, -0.2) is 32.2 Å². The Hall–Kier alpha value is -4.46. The lowest BCUT2D eigenvalue weighted by atomic mass is 10.0. The van der Waals surface area contributed by atoms with Crippen LogP contribution in [0.2, 0.25) is 5.02 Å². The number of para-hydroxylation sites is 1. The summed E-state index contributed by atoms with van der Waals surface area (Å²) in [6, 6.07) is 20.1. The molecule has 0 aliphatic carbocycles. The van der Waals surface area contributed by atoms with Gasteiger partial charge in [0.15, 0.2) is 0 Å². The summed E-state index contributed by atoms with van der Waals surface area (Å²) >= 11 is 6.29. The summed E-state index contributed by atoms with van der Waals surface area (Å²) in [5.74, 6) is -1.92. The number of hydrogen-bond donors (Lipinski definition) is 4. The van der Waals surface area contributed by atoms with Crippen LogP contribution in [0.15, 0.2) is 90.8 Å². The Kier molecular flexibility index (Phi) is 7.44. The molecule has 8 heteroatoms. The van der Waals surface area contributed by atoms with Crippen molar-refractivity contribution < 1.29 is 24.9 Å². The summed E-state index contributed by atoms with van der Waals surface area (Å²) in [4.78, 5) is 28.9. The number of halogens is 1. The van der Waals surface area contributed by atoms with Crippen LogP contribution in [0, 0.1) is 0 Å². The quantitative estimate of drug-likeness (QED) is 0.259. The zero-order valence-electron chi connectivity index (χ0n) is 18.8. The fourth-order valence-electron chi connectivity index (χ4n) is 3.52. The SMILES string of the molecule is O=C(O)/C(=C/c1cnc2ccccc2c1)NC(=O)c1ccc(C(O)/C=C/c2cccc(O)c2)cc1Cl. The number of carboxylic acid groups (broad SMARTS) is 1. The second-order valence-corrected chi connectivity index (χ2v) is 8.32. The first-order valence-electron chi connectivity index (χ1n) is 10.9. The van der Waals surface area contributed by atoms with Crippen LogP contribution < -0.4 is 5.32 Å². The maximum Gasteiger partial charge on any atom is 0.352 e. The highest BCUT2D eigenvalue weighted by Crippen LogP contribution is 2.24. The molecular formula is C28H21ClN2O5. The first-order valence-corrected chi connectivity index (χ1v) is 11.2. The number of hydrogen-bond acceptors (Lipinski definition) is 5. The number of amides is 1. The van der Waals surface area contributed by atoms with E-state index in [1.165, 1.54) is 36.5 Å². The lowest BCUT2D eigenvalue weighted by Gasteiger charge is -2.11. The molecule has 0 fully saturated rings. The third-order valence-electron chi connectivity index (χ3n) is 5.32. The summed E-state index contributed by atoms with van der Waals surface area (Å²) in [6.45, 7) is 0. The second-order valence-electron chi connectivity index (χ2n) is 7.92. The van der Waals surface area contributed by atoms with E-state index in [1.807, 2.05) is 24.3 Å². The molecule has 3 aromatic carbocycles. The van der Waals surface area contributed by atoms with Crippen LogP contribution in [-0.2, 0) is 4.79 Å². The summed E-state index contributed by atoms with van der Waals surface area (Å²) in [5.41, 5.74) is 2.12. The number of aliphatic carboxylic acids is 1. The zero-order chi connectivity index (χ0) is 25.7. The molecule has 36 heavy (non-hydrogen) atoms. The molecule has 4 N–H and O–H groups in total. The van der Waals surface area contributed by atoms with Crippen molar-refractivity contribution in [3.63, 3.8) is 0 Å². The molecule has 0 saturated carbocycles. The van der Waals surface area contributed by atoms with Crippen molar-refractivity contribution in [2.24, 2.45) is 0 Å². The van der Waals surface area contributed by atoms with E-state index in [-0.39, 0.29) is 22.0 Å². The van der Waals surface area contributed by atoms with Crippen LogP contribution in [0.3, 0.4) is 0 Å². The number of aromatic nitrogens is 1. The molecule has 180 valence electrons. The van der Waals surface area contributed by atoms with Crippen molar-refractivity contribution >= 4 is 46.5 Å². The maximum absolute atomic E-state index is 12.8. The van der Waals surface area contributed by atoms with Crippen molar-refractivity contribution in [2.45, 2.75) is 6.10 Å². The minimum absolute atomic E-state index is 0.0481. The van der Waals surface area contributed by atoms with E-state index in [9.17, 15) is 24.9 Å². The predicted octanol–water partition coefficient (Wildman–Crippen LogP) is 5.20. The van der Waals surface area contributed by atoms with Gasteiger partial charge in [0.2, 0.25) is 0 Å². The van der Waals surface area contributed by atoms with Gasteiger partial charge in [-0.2, -0.15) is 0 Å². The Morgan fingerprint density at radius 3 is 2.53 bits per heavy atom. The third-order valence-corrected chi connectivity index (χ3v) is 5.63.